The minimum atomic E-state index is -0.720. The molecule has 1 saturated carbocycles. The van der Waals surface area contributed by atoms with E-state index in [-0.39, 0.29) is 0 Å². The fraction of sp³-hybridized carbons (Fsp3) is 0.562. The summed E-state index contributed by atoms with van der Waals surface area (Å²) in [7, 11) is 2.09. The first-order chi connectivity index (χ1) is 9.66. The number of carboxylic acids is 1. The summed E-state index contributed by atoms with van der Waals surface area (Å²) in [6, 6.07) is 7.62. The Kier molecular flexibility index (Phi) is 3.76. The first-order valence-corrected chi connectivity index (χ1v) is 7.41. The number of aliphatic carboxylic acids is 1. The molecule has 20 heavy (non-hydrogen) atoms. The number of benzene rings is 1. The van der Waals surface area contributed by atoms with Gasteiger partial charge in [0.1, 0.15) is 6.04 Å². The van der Waals surface area contributed by atoms with Crippen molar-refractivity contribution in [3.63, 3.8) is 0 Å². The van der Waals surface area contributed by atoms with Crippen LogP contribution in [0.15, 0.2) is 24.3 Å². The summed E-state index contributed by atoms with van der Waals surface area (Å²) < 4.78 is 0. The zero-order chi connectivity index (χ0) is 14.1. The van der Waals surface area contributed by atoms with Crippen LogP contribution < -0.4 is 0 Å². The van der Waals surface area contributed by atoms with Crippen LogP contribution in [0.4, 0.5) is 0 Å². The van der Waals surface area contributed by atoms with Crippen LogP contribution in [0.3, 0.4) is 0 Å². The molecule has 1 aromatic carbocycles. The largest absolute Gasteiger partial charge is 0.480 e. The average Bonchev–Trinajstić information content (AvgIpc) is 3.26. The van der Waals surface area contributed by atoms with Crippen LogP contribution in [0, 0.1) is 0 Å². The Hall–Kier alpha value is -1.39. The van der Waals surface area contributed by atoms with Crippen molar-refractivity contribution >= 4 is 5.97 Å². The molecule has 1 heterocycles. The van der Waals surface area contributed by atoms with E-state index >= 15 is 0 Å². The quantitative estimate of drug-likeness (QED) is 0.911. The molecule has 1 saturated heterocycles. The summed E-state index contributed by atoms with van der Waals surface area (Å²) >= 11 is 0. The first-order valence-electron chi connectivity index (χ1n) is 7.41. The highest BCUT2D eigenvalue weighted by atomic mass is 16.4. The van der Waals surface area contributed by atoms with Gasteiger partial charge in [0.25, 0.3) is 0 Å². The predicted molar refractivity (Wildman–Crippen MR) is 77.9 cm³/mol. The topological polar surface area (TPSA) is 43.8 Å². The van der Waals surface area contributed by atoms with Crippen molar-refractivity contribution in [2.75, 3.05) is 33.2 Å². The Balaban J connectivity index is 1.89. The van der Waals surface area contributed by atoms with E-state index in [1.165, 1.54) is 18.4 Å². The van der Waals surface area contributed by atoms with Gasteiger partial charge in [-0.1, -0.05) is 24.3 Å². The number of hydrogen-bond donors (Lipinski definition) is 1. The standard InChI is InChI=1S/C16H22N2O2/c1-17-8-10-18(11-9-17)15(16(19)20)14-5-3-2-4-13(14)12-6-7-12/h2-5,12,15H,6-11H2,1H3,(H,19,20). The lowest BCUT2D eigenvalue weighted by Gasteiger charge is -2.36. The highest BCUT2D eigenvalue weighted by Gasteiger charge is 2.34. The Morgan fingerprint density at radius 3 is 2.45 bits per heavy atom. The molecule has 0 amide bonds. The molecule has 2 fully saturated rings. The fourth-order valence-corrected chi connectivity index (χ4v) is 3.09. The lowest BCUT2D eigenvalue weighted by Crippen LogP contribution is -2.48. The molecule has 1 aliphatic carbocycles. The maximum absolute atomic E-state index is 11.8. The van der Waals surface area contributed by atoms with Crippen LogP contribution in [-0.2, 0) is 4.79 Å². The summed E-state index contributed by atoms with van der Waals surface area (Å²) in [4.78, 5) is 16.2. The zero-order valence-corrected chi connectivity index (χ0v) is 12.0. The van der Waals surface area contributed by atoms with Gasteiger partial charge in [0.05, 0.1) is 0 Å². The third-order valence-electron chi connectivity index (χ3n) is 4.44. The maximum Gasteiger partial charge on any atom is 0.325 e. The number of carboxylic acid groups (broad SMARTS) is 1. The Morgan fingerprint density at radius 2 is 1.85 bits per heavy atom. The molecule has 1 aliphatic heterocycles. The zero-order valence-electron chi connectivity index (χ0n) is 12.0. The smallest absolute Gasteiger partial charge is 0.325 e. The van der Waals surface area contributed by atoms with Crippen molar-refractivity contribution < 1.29 is 9.90 Å². The summed E-state index contributed by atoms with van der Waals surface area (Å²) in [6.07, 6.45) is 2.40. The second-order valence-corrected chi connectivity index (χ2v) is 5.98. The molecule has 2 aliphatic rings. The molecule has 108 valence electrons. The van der Waals surface area contributed by atoms with E-state index < -0.39 is 12.0 Å². The molecule has 0 bridgehead atoms. The van der Waals surface area contributed by atoms with Crippen molar-refractivity contribution in [3.05, 3.63) is 35.4 Å². The lowest BCUT2D eigenvalue weighted by atomic mass is 9.95. The van der Waals surface area contributed by atoms with Crippen LogP contribution >= 0.6 is 0 Å². The predicted octanol–water partition coefficient (Wildman–Crippen LogP) is 1.94. The van der Waals surface area contributed by atoms with Crippen molar-refractivity contribution in [2.24, 2.45) is 0 Å². The van der Waals surface area contributed by atoms with Crippen molar-refractivity contribution in [1.29, 1.82) is 0 Å². The Bertz CT molecular complexity index is 491. The molecular formula is C16H22N2O2. The summed E-state index contributed by atoms with van der Waals surface area (Å²) in [5, 5.41) is 9.72. The normalized spacial score (nSPS) is 22.6. The molecule has 1 atom stereocenters. The molecule has 0 spiro atoms. The van der Waals surface area contributed by atoms with Crippen molar-refractivity contribution in [2.45, 2.75) is 24.8 Å². The molecule has 1 aromatic rings. The van der Waals surface area contributed by atoms with Gasteiger partial charge in [0, 0.05) is 26.2 Å². The Labute approximate surface area is 120 Å². The average molecular weight is 274 g/mol. The summed E-state index contributed by atoms with van der Waals surface area (Å²) in [5.74, 6) is -0.136. The third kappa shape index (κ3) is 2.72. The van der Waals surface area contributed by atoms with Gasteiger partial charge in [-0.15, -0.1) is 0 Å². The number of nitrogens with zero attached hydrogens (tertiary/aromatic N) is 2. The number of hydrogen-bond acceptors (Lipinski definition) is 3. The molecule has 4 nitrogen and oxygen atoms in total. The van der Waals surface area contributed by atoms with E-state index in [0.29, 0.717) is 5.92 Å². The van der Waals surface area contributed by atoms with Crippen molar-refractivity contribution in [1.82, 2.24) is 9.80 Å². The Morgan fingerprint density at radius 1 is 1.20 bits per heavy atom. The summed E-state index contributed by atoms with van der Waals surface area (Å²) in [6.45, 7) is 3.53. The van der Waals surface area contributed by atoms with Crippen LogP contribution in [0.1, 0.15) is 35.9 Å². The van der Waals surface area contributed by atoms with Crippen LogP contribution in [-0.4, -0.2) is 54.1 Å². The van der Waals surface area contributed by atoms with Gasteiger partial charge < -0.3 is 10.0 Å². The number of carbonyl (C=O) groups is 1. The molecule has 0 radical (unpaired) electrons. The van der Waals surface area contributed by atoms with Crippen LogP contribution in [0.5, 0.6) is 0 Å². The van der Waals surface area contributed by atoms with Gasteiger partial charge in [-0.3, -0.25) is 9.69 Å². The van der Waals surface area contributed by atoms with E-state index in [9.17, 15) is 9.90 Å². The second-order valence-electron chi connectivity index (χ2n) is 5.98. The van der Waals surface area contributed by atoms with E-state index in [4.69, 9.17) is 0 Å². The first kappa shape index (κ1) is 13.6. The minimum Gasteiger partial charge on any atom is -0.480 e. The van der Waals surface area contributed by atoms with E-state index in [1.54, 1.807) is 0 Å². The van der Waals surface area contributed by atoms with Crippen LogP contribution in [0.25, 0.3) is 0 Å². The lowest BCUT2D eigenvalue weighted by molar-refractivity contribution is -0.144. The minimum absolute atomic E-state index is 0.486. The SMILES string of the molecule is CN1CCN(C(C(=O)O)c2ccccc2C2CC2)CC1. The molecule has 0 aromatic heterocycles. The van der Waals surface area contributed by atoms with Gasteiger partial charge in [0.15, 0.2) is 0 Å². The summed E-state index contributed by atoms with van der Waals surface area (Å²) in [5.41, 5.74) is 2.26. The highest BCUT2D eigenvalue weighted by molar-refractivity contribution is 5.76. The van der Waals surface area contributed by atoms with Crippen LogP contribution in [0.2, 0.25) is 0 Å². The highest BCUT2D eigenvalue weighted by Crippen LogP contribution is 2.43. The molecule has 4 heteroatoms. The fourth-order valence-electron chi connectivity index (χ4n) is 3.09. The molecular weight excluding hydrogens is 252 g/mol. The number of rotatable bonds is 4. The second kappa shape index (κ2) is 5.54. The third-order valence-corrected chi connectivity index (χ3v) is 4.44. The van der Waals surface area contributed by atoms with Gasteiger partial charge in [-0.25, -0.2) is 0 Å². The van der Waals surface area contributed by atoms with E-state index in [1.807, 2.05) is 18.2 Å². The molecule has 3 rings (SSSR count). The molecule has 1 N–H and O–H groups in total. The van der Waals surface area contributed by atoms with Crippen molar-refractivity contribution in [3.8, 4) is 0 Å². The monoisotopic (exact) mass is 274 g/mol. The maximum atomic E-state index is 11.8. The van der Waals surface area contributed by atoms with E-state index in [2.05, 4.69) is 22.9 Å². The number of likely N-dealkylation sites (N-methyl/N-ethyl adjacent to an activating group) is 1. The number of piperazine rings is 1. The molecule has 1 unspecified atom stereocenters. The van der Waals surface area contributed by atoms with Gasteiger partial charge in [-0.2, -0.15) is 0 Å². The van der Waals surface area contributed by atoms with Gasteiger partial charge >= 0.3 is 5.97 Å². The van der Waals surface area contributed by atoms with Gasteiger partial charge in [-0.05, 0) is 36.9 Å². The van der Waals surface area contributed by atoms with Gasteiger partial charge in [0.2, 0.25) is 0 Å². The van der Waals surface area contributed by atoms with E-state index in [0.717, 1.165) is 31.7 Å².